The van der Waals surface area contributed by atoms with E-state index in [4.69, 9.17) is 0 Å². The molecule has 0 unspecified atom stereocenters. The van der Waals surface area contributed by atoms with Crippen LogP contribution in [0.5, 0.6) is 0 Å². The molecular weight excluding hydrogens is 337 g/mol. The van der Waals surface area contributed by atoms with Crippen LogP contribution in [0.4, 0.5) is 4.39 Å². The molecule has 1 saturated carbocycles. The number of fused-ring (bicyclic) bond motifs is 1. The summed E-state index contributed by atoms with van der Waals surface area (Å²) in [6.45, 7) is 0.641. The van der Waals surface area contributed by atoms with Gasteiger partial charge in [-0.15, -0.1) is 5.10 Å². The van der Waals surface area contributed by atoms with Crippen LogP contribution in [0, 0.1) is 5.92 Å². The quantitative estimate of drug-likeness (QED) is 0.559. The van der Waals surface area contributed by atoms with Gasteiger partial charge in [-0.25, -0.2) is 9.18 Å². The minimum Gasteiger partial charge on any atom is -0.464 e. The summed E-state index contributed by atoms with van der Waals surface area (Å²) in [6.07, 6.45) is 6.81. The number of hydrogen-bond acceptors (Lipinski definition) is 6. The van der Waals surface area contributed by atoms with Gasteiger partial charge in [-0.2, -0.15) is 10.2 Å². The Bertz CT molecular complexity index is 872. The fourth-order valence-corrected chi connectivity index (χ4v) is 3.27. The van der Waals surface area contributed by atoms with Gasteiger partial charge in [0, 0.05) is 18.5 Å². The van der Waals surface area contributed by atoms with E-state index >= 15 is 0 Å². The maximum atomic E-state index is 14.5. The third kappa shape index (κ3) is 3.36. The first-order chi connectivity index (χ1) is 12.7. The van der Waals surface area contributed by atoms with Crippen LogP contribution >= 0.6 is 0 Å². The second-order valence-corrected chi connectivity index (χ2v) is 6.80. The number of carbonyl (C=O) groups is 1. The number of hydrogen-bond donors (Lipinski definition) is 0. The minimum atomic E-state index is -0.495. The average Bonchev–Trinajstić information content (AvgIpc) is 3.30. The van der Waals surface area contributed by atoms with Crippen molar-refractivity contribution in [2.45, 2.75) is 45.1 Å². The molecule has 0 spiro atoms. The van der Waals surface area contributed by atoms with Gasteiger partial charge in [0.15, 0.2) is 5.69 Å². The zero-order chi connectivity index (χ0) is 18.1. The maximum absolute atomic E-state index is 14.5. The van der Waals surface area contributed by atoms with Crippen molar-refractivity contribution in [2.75, 3.05) is 7.11 Å². The van der Waals surface area contributed by atoms with Gasteiger partial charge in [-0.1, -0.05) is 5.21 Å². The Morgan fingerprint density at radius 1 is 1.31 bits per heavy atom. The molecular formula is C18H20FN5O2. The van der Waals surface area contributed by atoms with Crippen molar-refractivity contribution in [1.82, 2.24) is 25.2 Å². The minimum absolute atomic E-state index is 0.0726. The monoisotopic (exact) mass is 357 g/mol. The standard InChI is InChI=1S/C18H20FN5O2/c1-26-18(25)16-10-24(23-22-16)7-3-2-4-12-8-14-15(21-20-12)9-13(17(14)19)11-5-6-11/h8,10-11H,2-7,9H2,1H3. The van der Waals surface area contributed by atoms with E-state index in [-0.39, 0.29) is 11.5 Å². The fraction of sp³-hybridized carbons (Fsp3) is 0.500. The SMILES string of the molecule is COC(=O)c1cn(CCCCc2cc3c(nn2)CC(C2CC2)=C3F)nn1. The first kappa shape index (κ1) is 16.8. The summed E-state index contributed by atoms with van der Waals surface area (Å²) < 4.78 is 20.7. The second-order valence-electron chi connectivity index (χ2n) is 6.80. The molecule has 0 N–H and O–H groups in total. The molecule has 0 aromatic carbocycles. The highest BCUT2D eigenvalue weighted by Crippen LogP contribution is 2.46. The predicted octanol–water partition coefficient (Wildman–Crippen LogP) is 2.52. The number of halogens is 1. The van der Waals surface area contributed by atoms with Crippen molar-refractivity contribution < 1.29 is 13.9 Å². The number of nitrogens with zero attached hydrogens (tertiary/aromatic N) is 5. The fourth-order valence-electron chi connectivity index (χ4n) is 3.27. The lowest BCUT2D eigenvalue weighted by molar-refractivity contribution is 0.0594. The molecule has 26 heavy (non-hydrogen) atoms. The summed E-state index contributed by atoms with van der Waals surface area (Å²) in [5.74, 6) is -0.146. The molecule has 2 heterocycles. The van der Waals surface area contributed by atoms with Crippen LogP contribution in [0.3, 0.4) is 0 Å². The Kier molecular flexibility index (Phi) is 4.48. The zero-order valence-electron chi connectivity index (χ0n) is 14.6. The molecule has 2 aromatic rings. The first-order valence-corrected chi connectivity index (χ1v) is 8.88. The average molecular weight is 357 g/mol. The zero-order valence-corrected chi connectivity index (χ0v) is 14.6. The molecule has 2 aromatic heterocycles. The smallest absolute Gasteiger partial charge is 0.360 e. The summed E-state index contributed by atoms with van der Waals surface area (Å²) in [5.41, 5.74) is 3.33. The molecule has 0 aliphatic heterocycles. The number of ether oxygens (including phenoxy) is 1. The van der Waals surface area contributed by atoms with Crippen molar-refractivity contribution in [1.29, 1.82) is 0 Å². The number of esters is 1. The summed E-state index contributed by atoms with van der Waals surface area (Å²) >= 11 is 0. The van der Waals surface area contributed by atoms with E-state index in [9.17, 15) is 9.18 Å². The number of rotatable bonds is 7. The van der Waals surface area contributed by atoms with Crippen LogP contribution < -0.4 is 0 Å². The highest BCUT2D eigenvalue weighted by Gasteiger charge is 2.34. The van der Waals surface area contributed by atoms with E-state index in [2.05, 4.69) is 25.2 Å². The number of carbonyl (C=O) groups excluding carboxylic acids is 1. The molecule has 0 atom stereocenters. The van der Waals surface area contributed by atoms with Crippen LogP contribution in [-0.2, 0) is 24.1 Å². The molecule has 0 radical (unpaired) electrons. The van der Waals surface area contributed by atoms with Gasteiger partial charge in [-0.05, 0) is 49.7 Å². The molecule has 0 saturated heterocycles. The topological polar surface area (TPSA) is 82.8 Å². The molecule has 0 bridgehead atoms. The number of aromatic nitrogens is 5. The van der Waals surface area contributed by atoms with E-state index in [0.717, 1.165) is 49.1 Å². The molecule has 8 heteroatoms. The Morgan fingerprint density at radius 3 is 2.92 bits per heavy atom. The first-order valence-electron chi connectivity index (χ1n) is 8.88. The number of aryl methyl sites for hydroxylation is 2. The normalized spacial score (nSPS) is 16.1. The number of unbranched alkanes of at least 4 members (excludes halogenated alkanes) is 1. The predicted molar refractivity (Wildman–Crippen MR) is 90.8 cm³/mol. The molecule has 2 aliphatic rings. The lowest BCUT2D eigenvalue weighted by Crippen LogP contribution is -2.02. The summed E-state index contributed by atoms with van der Waals surface area (Å²) in [4.78, 5) is 11.3. The molecule has 136 valence electrons. The summed E-state index contributed by atoms with van der Waals surface area (Å²) in [5, 5.41) is 16.1. The third-order valence-corrected chi connectivity index (χ3v) is 4.87. The van der Waals surface area contributed by atoms with Crippen LogP contribution in [0.1, 0.15) is 53.1 Å². The molecule has 0 amide bonds. The van der Waals surface area contributed by atoms with Crippen molar-refractivity contribution in [2.24, 2.45) is 5.92 Å². The molecule has 4 rings (SSSR count). The Hall–Kier alpha value is -2.64. The highest BCUT2D eigenvalue weighted by molar-refractivity contribution is 5.86. The van der Waals surface area contributed by atoms with Crippen LogP contribution in [-0.4, -0.2) is 38.3 Å². The summed E-state index contributed by atoms with van der Waals surface area (Å²) in [7, 11) is 1.31. The van der Waals surface area contributed by atoms with E-state index in [1.165, 1.54) is 7.11 Å². The van der Waals surface area contributed by atoms with Gasteiger partial charge in [0.05, 0.1) is 24.7 Å². The Morgan fingerprint density at radius 2 is 2.15 bits per heavy atom. The number of methoxy groups -OCH3 is 1. The number of allylic oxidation sites excluding steroid dienone is 1. The van der Waals surface area contributed by atoms with E-state index in [1.807, 2.05) is 6.07 Å². The molecule has 2 aliphatic carbocycles. The summed E-state index contributed by atoms with van der Waals surface area (Å²) in [6, 6.07) is 1.85. The highest BCUT2D eigenvalue weighted by atomic mass is 19.1. The van der Waals surface area contributed by atoms with Crippen LogP contribution in [0.25, 0.3) is 5.83 Å². The third-order valence-electron chi connectivity index (χ3n) is 4.87. The lowest BCUT2D eigenvalue weighted by atomic mass is 10.1. The van der Waals surface area contributed by atoms with E-state index < -0.39 is 5.97 Å². The molecule has 1 fully saturated rings. The molecule has 7 nitrogen and oxygen atoms in total. The largest absolute Gasteiger partial charge is 0.464 e. The van der Waals surface area contributed by atoms with Gasteiger partial charge in [0.1, 0.15) is 5.83 Å². The van der Waals surface area contributed by atoms with Crippen molar-refractivity contribution in [3.63, 3.8) is 0 Å². The maximum Gasteiger partial charge on any atom is 0.360 e. The lowest BCUT2D eigenvalue weighted by Gasteiger charge is -2.03. The van der Waals surface area contributed by atoms with Gasteiger partial charge < -0.3 is 4.74 Å². The van der Waals surface area contributed by atoms with Crippen molar-refractivity contribution in [3.8, 4) is 0 Å². The van der Waals surface area contributed by atoms with Crippen molar-refractivity contribution in [3.05, 3.63) is 40.5 Å². The van der Waals surface area contributed by atoms with Gasteiger partial charge in [0.25, 0.3) is 0 Å². The van der Waals surface area contributed by atoms with Crippen LogP contribution in [0.15, 0.2) is 17.8 Å². The van der Waals surface area contributed by atoms with Gasteiger partial charge >= 0.3 is 5.97 Å². The van der Waals surface area contributed by atoms with Crippen LogP contribution in [0.2, 0.25) is 0 Å². The van der Waals surface area contributed by atoms with Gasteiger partial charge in [-0.3, -0.25) is 4.68 Å². The Balaban J connectivity index is 1.31. The second kappa shape index (κ2) is 6.93. The Labute approximate surface area is 150 Å². The van der Waals surface area contributed by atoms with Gasteiger partial charge in [0.2, 0.25) is 0 Å². The van der Waals surface area contributed by atoms with Crippen molar-refractivity contribution >= 4 is 11.8 Å². The van der Waals surface area contributed by atoms with E-state index in [1.54, 1.807) is 10.9 Å². The van der Waals surface area contributed by atoms with E-state index in [0.29, 0.717) is 24.4 Å².